The highest BCUT2D eigenvalue weighted by Gasteiger charge is 2.23. The maximum atomic E-state index is 12.0. The van der Waals surface area contributed by atoms with Crippen molar-refractivity contribution in [1.82, 2.24) is 4.98 Å². The van der Waals surface area contributed by atoms with E-state index in [4.69, 9.17) is 14.2 Å². The number of aromatic nitrogens is 1. The Balaban J connectivity index is 2.73. The number of fused-ring (bicyclic) bond motifs is 1. The Hall–Kier alpha value is -2.81. The SMILES string of the molecule is COC(=O)c1[nH]c2cc(OC(C)=O)c(OC(C)=O)cc2c1SC(C)=O. The van der Waals surface area contributed by atoms with E-state index in [9.17, 15) is 19.2 Å². The maximum absolute atomic E-state index is 12.0. The number of H-pyrrole nitrogens is 1. The lowest BCUT2D eigenvalue weighted by Gasteiger charge is -2.09. The zero-order valence-corrected chi connectivity index (χ0v) is 14.7. The molecule has 0 saturated carbocycles. The van der Waals surface area contributed by atoms with Crippen LogP contribution in [0.5, 0.6) is 11.5 Å². The average molecular weight is 365 g/mol. The second-order valence-electron chi connectivity index (χ2n) is 4.95. The van der Waals surface area contributed by atoms with Gasteiger partial charge in [-0.25, -0.2) is 4.79 Å². The minimum absolute atomic E-state index is 0.00369. The number of thioether (sulfide) groups is 1. The number of hydrogen-bond acceptors (Lipinski definition) is 8. The van der Waals surface area contributed by atoms with Crippen molar-refractivity contribution < 1.29 is 33.4 Å². The van der Waals surface area contributed by atoms with Crippen LogP contribution in [0.4, 0.5) is 0 Å². The van der Waals surface area contributed by atoms with Crippen molar-refractivity contribution in [2.24, 2.45) is 0 Å². The standard InChI is InChI=1S/C16H15NO7S/c1-7(18)23-12-5-10-11(6-13(12)24-8(2)19)17-14(16(21)22-4)15(10)25-9(3)20/h5-6,17H,1-4H3. The van der Waals surface area contributed by atoms with Crippen LogP contribution in [0, 0.1) is 0 Å². The van der Waals surface area contributed by atoms with Crippen molar-refractivity contribution in [3.63, 3.8) is 0 Å². The third-order valence-electron chi connectivity index (χ3n) is 2.96. The molecule has 2 rings (SSSR count). The van der Waals surface area contributed by atoms with Crippen LogP contribution in [-0.4, -0.2) is 35.1 Å². The van der Waals surface area contributed by atoms with Gasteiger partial charge in [0, 0.05) is 32.2 Å². The fourth-order valence-electron chi connectivity index (χ4n) is 2.14. The summed E-state index contributed by atoms with van der Waals surface area (Å²) in [5.74, 6) is -1.88. The molecule has 1 heterocycles. The molecule has 1 N–H and O–H groups in total. The predicted molar refractivity (Wildman–Crippen MR) is 88.8 cm³/mol. The molecule has 0 aliphatic rings. The zero-order valence-electron chi connectivity index (χ0n) is 13.9. The van der Waals surface area contributed by atoms with Gasteiger partial charge in [0.05, 0.1) is 17.5 Å². The van der Waals surface area contributed by atoms with Crippen LogP contribution >= 0.6 is 11.8 Å². The third-order valence-corrected chi connectivity index (χ3v) is 3.87. The molecular weight excluding hydrogens is 350 g/mol. The first kappa shape index (κ1) is 18.5. The van der Waals surface area contributed by atoms with Crippen molar-refractivity contribution in [1.29, 1.82) is 0 Å². The summed E-state index contributed by atoms with van der Waals surface area (Å²) < 4.78 is 14.8. The van der Waals surface area contributed by atoms with Crippen LogP contribution in [-0.2, 0) is 19.1 Å². The summed E-state index contributed by atoms with van der Waals surface area (Å²) in [5, 5.41) is 0.205. The number of nitrogens with one attached hydrogen (secondary N) is 1. The fourth-order valence-corrected chi connectivity index (χ4v) is 2.94. The van der Waals surface area contributed by atoms with Gasteiger partial charge in [-0.15, -0.1) is 0 Å². The molecule has 0 radical (unpaired) electrons. The minimum Gasteiger partial charge on any atom is -0.464 e. The van der Waals surface area contributed by atoms with Gasteiger partial charge in [0.25, 0.3) is 0 Å². The average Bonchev–Trinajstić information content (AvgIpc) is 2.83. The number of aromatic amines is 1. The number of ether oxygens (including phenoxy) is 3. The summed E-state index contributed by atoms with van der Waals surface area (Å²) in [6.07, 6.45) is 0. The summed E-state index contributed by atoms with van der Waals surface area (Å²) >= 11 is 0.833. The Morgan fingerprint density at radius 2 is 1.52 bits per heavy atom. The van der Waals surface area contributed by atoms with Gasteiger partial charge < -0.3 is 19.2 Å². The van der Waals surface area contributed by atoms with E-state index in [0.717, 1.165) is 11.8 Å². The third kappa shape index (κ3) is 4.18. The molecule has 0 amide bonds. The largest absolute Gasteiger partial charge is 0.464 e. The predicted octanol–water partition coefficient (Wildman–Crippen LogP) is 2.44. The Labute approximate surface area is 146 Å². The maximum Gasteiger partial charge on any atom is 0.355 e. The van der Waals surface area contributed by atoms with E-state index in [1.807, 2.05) is 0 Å². The lowest BCUT2D eigenvalue weighted by molar-refractivity contribution is -0.134. The van der Waals surface area contributed by atoms with Gasteiger partial charge in [-0.2, -0.15) is 0 Å². The van der Waals surface area contributed by atoms with Crippen molar-refractivity contribution in [2.45, 2.75) is 25.7 Å². The summed E-state index contributed by atoms with van der Waals surface area (Å²) in [5.41, 5.74) is 0.489. The number of carbonyl (C=O) groups excluding carboxylic acids is 4. The van der Waals surface area contributed by atoms with Crippen LogP contribution in [0.25, 0.3) is 10.9 Å². The molecule has 132 valence electrons. The van der Waals surface area contributed by atoms with Crippen LogP contribution in [0.3, 0.4) is 0 Å². The van der Waals surface area contributed by atoms with E-state index in [2.05, 4.69) is 4.98 Å². The van der Waals surface area contributed by atoms with Crippen LogP contribution in [0.2, 0.25) is 0 Å². The van der Waals surface area contributed by atoms with E-state index in [0.29, 0.717) is 15.8 Å². The van der Waals surface area contributed by atoms with Crippen molar-refractivity contribution >= 4 is 45.7 Å². The normalized spacial score (nSPS) is 10.4. The van der Waals surface area contributed by atoms with Gasteiger partial charge in [0.1, 0.15) is 5.69 Å². The van der Waals surface area contributed by atoms with E-state index in [1.165, 1.54) is 40.0 Å². The Kier molecular flexibility index (Phi) is 5.48. The fraction of sp³-hybridized carbons (Fsp3) is 0.250. The molecular formula is C16H15NO7S. The minimum atomic E-state index is -0.664. The van der Waals surface area contributed by atoms with Gasteiger partial charge >= 0.3 is 17.9 Å². The molecule has 2 aromatic rings. The molecule has 0 aliphatic heterocycles. The number of esters is 3. The number of rotatable bonds is 4. The molecule has 0 aliphatic carbocycles. The number of methoxy groups -OCH3 is 1. The van der Waals surface area contributed by atoms with Crippen molar-refractivity contribution in [3.05, 3.63) is 17.8 Å². The van der Waals surface area contributed by atoms with Crippen LogP contribution in [0.1, 0.15) is 31.3 Å². The molecule has 0 spiro atoms. The highest BCUT2D eigenvalue weighted by Crippen LogP contribution is 2.39. The Morgan fingerprint density at radius 1 is 0.960 bits per heavy atom. The van der Waals surface area contributed by atoms with E-state index >= 15 is 0 Å². The van der Waals surface area contributed by atoms with Gasteiger partial charge in [-0.3, -0.25) is 14.4 Å². The second-order valence-corrected chi connectivity index (χ2v) is 6.13. The van der Waals surface area contributed by atoms with Gasteiger partial charge in [-0.05, 0) is 17.8 Å². The summed E-state index contributed by atoms with van der Waals surface area (Å²) in [6, 6.07) is 2.83. The quantitative estimate of drug-likeness (QED) is 0.499. The lowest BCUT2D eigenvalue weighted by atomic mass is 10.2. The topological polar surface area (TPSA) is 112 Å². The highest BCUT2D eigenvalue weighted by molar-refractivity contribution is 8.13. The second kappa shape index (κ2) is 7.39. The molecule has 9 heteroatoms. The molecule has 0 bridgehead atoms. The van der Waals surface area contributed by atoms with E-state index < -0.39 is 17.9 Å². The molecule has 0 atom stereocenters. The van der Waals surface area contributed by atoms with Crippen molar-refractivity contribution in [2.75, 3.05) is 7.11 Å². The van der Waals surface area contributed by atoms with Crippen molar-refractivity contribution in [3.8, 4) is 11.5 Å². The highest BCUT2D eigenvalue weighted by atomic mass is 32.2. The molecule has 1 aromatic carbocycles. The monoisotopic (exact) mass is 365 g/mol. The number of benzene rings is 1. The summed E-state index contributed by atoms with van der Waals surface area (Å²) in [4.78, 5) is 49.2. The molecule has 0 unspecified atom stereocenters. The van der Waals surface area contributed by atoms with Gasteiger partial charge in [-0.1, -0.05) is 0 Å². The van der Waals surface area contributed by atoms with Gasteiger partial charge in [0.2, 0.25) is 0 Å². The smallest absolute Gasteiger partial charge is 0.355 e. The molecule has 1 aromatic heterocycles. The molecule has 8 nitrogen and oxygen atoms in total. The van der Waals surface area contributed by atoms with E-state index in [-0.39, 0.29) is 22.3 Å². The van der Waals surface area contributed by atoms with E-state index in [1.54, 1.807) is 0 Å². The van der Waals surface area contributed by atoms with Crippen LogP contribution < -0.4 is 9.47 Å². The number of carbonyl (C=O) groups is 4. The lowest BCUT2D eigenvalue weighted by Crippen LogP contribution is -2.07. The molecule has 25 heavy (non-hydrogen) atoms. The zero-order chi connectivity index (χ0) is 18.7. The Morgan fingerprint density at radius 3 is 2.00 bits per heavy atom. The first-order chi connectivity index (χ1) is 11.7. The summed E-state index contributed by atoms with van der Waals surface area (Å²) in [7, 11) is 1.21. The molecule has 0 saturated heterocycles. The Bertz CT molecular complexity index is 884. The summed E-state index contributed by atoms with van der Waals surface area (Å²) in [6.45, 7) is 3.75. The van der Waals surface area contributed by atoms with Crippen LogP contribution in [0.15, 0.2) is 17.0 Å². The first-order valence-electron chi connectivity index (χ1n) is 7.06. The first-order valence-corrected chi connectivity index (χ1v) is 7.87. The number of hydrogen-bond donors (Lipinski definition) is 1. The van der Waals surface area contributed by atoms with Gasteiger partial charge in [0.15, 0.2) is 16.6 Å². The molecule has 0 fully saturated rings.